The predicted molar refractivity (Wildman–Crippen MR) is 107 cm³/mol. The molecule has 0 fully saturated rings. The van der Waals surface area contributed by atoms with Gasteiger partial charge in [-0.15, -0.1) is 0 Å². The molecule has 1 heterocycles. The van der Waals surface area contributed by atoms with E-state index in [1.165, 1.54) is 27.9 Å². The standard InChI is InChI=1S/C22H22F3N3O2/c1-14-8-9-20(30-4)16(10-14)13-27(3)21(29)19-12-26-28(15(19)2)18-7-5-6-17(11-18)22(23,24)25/h5-12H,13H2,1-4H3. The molecule has 1 amide bonds. The fraction of sp³-hybridized carbons (Fsp3) is 0.273. The van der Waals surface area contributed by atoms with E-state index in [-0.39, 0.29) is 11.6 Å². The van der Waals surface area contributed by atoms with Crippen molar-refractivity contribution in [2.24, 2.45) is 0 Å². The third-order valence-corrected chi connectivity index (χ3v) is 4.85. The molecule has 0 saturated heterocycles. The predicted octanol–water partition coefficient (Wildman–Crippen LogP) is 4.79. The Morgan fingerprint density at radius 1 is 1.17 bits per heavy atom. The van der Waals surface area contributed by atoms with Crippen molar-refractivity contribution in [2.45, 2.75) is 26.6 Å². The summed E-state index contributed by atoms with van der Waals surface area (Å²) in [6.45, 7) is 3.92. The van der Waals surface area contributed by atoms with E-state index in [0.29, 0.717) is 23.6 Å². The highest BCUT2D eigenvalue weighted by atomic mass is 19.4. The second-order valence-electron chi connectivity index (χ2n) is 7.08. The Morgan fingerprint density at radius 3 is 2.57 bits per heavy atom. The molecule has 0 aliphatic heterocycles. The normalized spacial score (nSPS) is 11.4. The zero-order valence-corrected chi connectivity index (χ0v) is 17.1. The van der Waals surface area contributed by atoms with Crippen LogP contribution in [0.3, 0.4) is 0 Å². The molecule has 0 atom stereocenters. The first kappa shape index (κ1) is 21.4. The monoisotopic (exact) mass is 417 g/mol. The molecule has 3 rings (SSSR count). The molecular weight excluding hydrogens is 395 g/mol. The van der Waals surface area contributed by atoms with Crippen molar-refractivity contribution < 1.29 is 22.7 Å². The van der Waals surface area contributed by atoms with Crippen LogP contribution in [0.4, 0.5) is 13.2 Å². The zero-order valence-electron chi connectivity index (χ0n) is 17.1. The molecule has 0 N–H and O–H groups in total. The Hall–Kier alpha value is -3.29. The lowest BCUT2D eigenvalue weighted by Crippen LogP contribution is -2.27. The van der Waals surface area contributed by atoms with Gasteiger partial charge in [0.2, 0.25) is 0 Å². The first-order valence-electron chi connectivity index (χ1n) is 9.23. The quantitative estimate of drug-likeness (QED) is 0.600. The van der Waals surface area contributed by atoms with Gasteiger partial charge in [-0.1, -0.05) is 23.8 Å². The van der Waals surface area contributed by atoms with Gasteiger partial charge in [0, 0.05) is 19.2 Å². The molecule has 0 aliphatic carbocycles. The van der Waals surface area contributed by atoms with Crippen LogP contribution < -0.4 is 4.74 Å². The molecule has 3 aromatic rings. The number of aryl methyl sites for hydroxylation is 1. The first-order chi connectivity index (χ1) is 14.1. The molecule has 30 heavy (non-hydrogen) atoms. The van der Waals surface area contributed by atoms with Gasteiger partial charge in [-0.05, 0) is 38.1 Å². The van der Waals surface area contributed by atoms with Crippen molar-refractivity contribution in [2.75, 3.05) is 14.2 Å². The Labute approximate surface area is 172 Å². The van der Waals surface area contributed by atoms with Gasteiger partial charge in [-0.3, -0.25) is 4.79 Å². The van der Waals surface area contributed by atoms with E-state index in [2.05, 4.69) is 5.10 Å². The highest BCUT2D eigenvalue weighted by molar-refractivity contribution is 5.95. The minimum atomic E-state index is -4.46. The number of ether oxygens (including phenoxy) is 1. The molecule has 0 radical (unpaired) electrons. The lowest BCUT2D eigenvalue weighted by Gasteiger charge is -2.19. The molecule has 0 unspecified atom stereocenters. The first-order valence-corrected chi connectivity index (χ1v) is 9.23. The van der Waals surface area contributed by atoms with Crippen molar-refractivity contribution in [3.05, 3.63) is 76.6 Å². The summed E-state index contributed by atoms with van der Waals surface area (Å²) >= 11 is 0. The Morgan fingerprint density at radius 2 is 1.90 bits per heavy atom. The summed E-state index contributed by atoms with van der Waals surface area (Å²) in [5.41, 5.74) is 2.15. The minimum Gasteiger partial charge on any atom is -0.496 e. The molecule has 0 aliphatic rings. The number of hydrogen-bond acceptors (Lipinski definition) is 3. The van der Waals surface area contributed by atoms with E-state index in [9.17, 15) is 18.0 Å². The van der Waals surface area contributed by atoms with Gasteiger partial charge < -0.3 is 9.64 Å². The Kier molecular flexibility index (Phi) is 5.87. The number of hydrogen-bond donors (Lipinski definition) is 0. The Bertz CT molecular complexity index is 1070. The van der Waals surface area contributed by atoms with Crippen molar-refractivity contribution in [3.8, 4) is 11.4 Å². The van der Waals surface area contributed by atoms with Gasteiger partial charge in [0.1, 0.15) is 5.75 Å². The van der Waals surface area contributed by atoms with E-state index in [4.69, 9.17) is 4.74 Å². The lowest BCUT2D eigenvalue weighted by molar-refractivity contribution is -0.137. The smallest absolute Gasteiger partial charge is 0.416 e. The fourth-order valence-corrected chi connectivity index (χ4v) is 3.26. The number of benzene rings is 2. The molecule has 1 aromatic heterocycles. The van der Waals surface area contributed by atoms with Crippen LogP contribution in [0.25, 0.3) is 5.69 Å². The van der Waals surface area contributed by atoms with Crippen LogP contribution in [0.1, 0.15) is 32.7 Å². The number of carbonyl (C=O) groups excluding carboxylic acids is 1. The van der Waals surface area contributed by atoms with Crippen molar-refractivity contribution in [1.29, 1.82) is 0 Å². The lowest BCUT2D eigenvalue weighted by atomic mass is 10.1. The van der Waals surface area contributed by atoms with Crippen LogP contribution in [-0.4, -0.2) is 34.7 Å². The summed E-state index contributed by atoms with van der Waals surface area (Å²) in [5, 5.41) is 4.14. The molecule has 5 nitrogen and oxygen atoms in total. The van der Waals surface area contributed by atoms with Gasteiger partial charge in [-0.25, -0.2) is 4.68 Å². The second-order valence-corrected chi connectivity index (χ2v) is 7.08. The number of methoxy groups -OCH3 is 1. The molecular formula is C22H22F3N3O2. The zero-order chi connectivity index (χ0) is 22.1. The summed E-state index contributed by atoms with van der Waals surface area (Å²) < 4.78 is 45.8. The average Bonchev–Trinajstić information content (AvgIpc) is 3.08. The minimum absolute atomic E-state index is 0.240. The largest absolute Gasteiger partial charge is 0.496 e. The third kappa shape index (κ3) is 4.32. The fourth-order valence-electron chi connectivity index (χ4n) is 3.26. The number of carbonyl (C=O) groups is 1. The van der Waals surface area contributed by atoms with Crippen LogP contribution in [0.15, 0.2) is 48.7 Å². The third-order valence-electron chi connectivity index (χ3n) is 4.85. The SMILES string of the molecule is COc1ccc(C)cc1CN(C)C(=O)c1cnn(-c2cccc(C(F)(F)F)c2)c1C. The van der Waals surface area contributed by atoms with E-state index in [1.54, 1.807) is 21.1 Å². The topological polar surface area (TPSA) is 47.4 Å². The summed E-state index contributed by atoms with van der Waals surface area (Å²) in [7, 11) is 3.23. The summed E-state index contributed by atoms with van der Waals surface area (Å²) in [6, 6.07) is 10.6. The molecule has 158 valence electrons. The van der Waals surface area contributed by atoms with E-state index in [1.807, 2.05) is 25.1 Å². The van der Waals surface area contributed by atoms with Crippen LogP contribution in [-0.2, 0) is 12.7 Å². The maximum absolute atomic E-state index is 13.0. The molecule has 0 spiro atoms. The van der Waals surface area contributed by atoms with Gasteiger partial charge >= 0.3 is 6.18 Å². The van der Waals surface area contributed by atoms with E-state index >= 15 is 0 Å². The van der Waals surface area contributed by atoms with Gasteiger partial charge in [0.15, 0.2) is 0 Å². The van der Waals surface area contributed by atoms with Crippen molar-refractivity contribution in [1.82, 2.24) is 14.7 Å². The van der Waals surface area contributed by atoms with Gasteiger partial charge in [0.25, 0.3) is 5.91 Å². The van der Waals surface area contributed by atoms with Crippen molar-refractivity contribution >= 4 is 5.91 Å². The summed E-state index contributed by atoms with van der Waals surface area (Å²) in [6.07, 6.45) is -3.08. The van der Waals surface area contributed by atoms with E-state index < -0.39 is 11.7 Å². The van der Waals surface area contributed by atoms with E-state index in [0.717, 1.165) is 23.3 Å². The number of halogens is 3. The maximum atomic E-state index is 13.0. The molecule has 0 bridgehead atoms. The highest BCUT2D eigenvalue weighted by Gasteiger charge is 2.31. The Balaban J connectivity index is 1.87. The average molecular weight is 417 g/mol. The number of amides is 1. The molecule has 0 saturated carbocycles. The van der Waals surface area contributed by atoms with Gasteiger partial charge in [0.05, 0.1) is 35.8 Å². The highest BCUT2D eigenvalue weighted by Crippen LogP contribution is 2.30. The summed E-state index contributed by atoms with van der Waals surface area (Å²) in [5.74, 6) is 0.394. The second kappa shape index (κ2) is 8.22. The maximum Gasteiger partial charge on any atom is 0.416 e. The number of nitrogens with zero attached hydrogens (tertiary/aromatic N) is 3. The van der Waals surface area contributed by atoms with Crippen LogP contribution in [0.2, 0.25) is 0 Å². The van der Waals surface area contributed by atoms with Crippen molar-refractivity contribution in [3.63, 3.8) is 0 Å². The van der Waals surface area contributed by atoms with Crippen LogP contribution >= 0.6 is 0 Å². The van der Waals surface area contributed by atoms with Crippen LogP contribution in [0, 0.1) is 13.8 Å². The molecule has 2 aromatic carbocycles. The number of aromatic nitrogens is 2. The summed E-state index contributed by atoms with van der Waals surface area (Å²) in [4.78, 5) is 14.5. The molecule has 8 heteroatoms. The van der Waals surface area contributed by atoms with Gasteiger partial charge in [-0.2, -0.15) is 18.3 Å². The number of rotatable bonds is 5. The number of alkyl halides is 3. The van der Waals surface area contributed by atoms with Crippen LogP contribution in [0.5, 0.6) is 5.75 Å².